The molecule has 2 amide bonds. The molecule has 1 saturated carbocycles. The summed E-state index contributed by atoms with van der Waals surface area (Å²) in [6.07, 6.45) is 6.57. The number of nitrogens with one attached hydrogen (secondary N) is 2. The fraction of sp³-hybridized carbons (Fsp3) is 0.576. The second-order valence-corrected chi connectivity index (χ2v) is 13.1. The Kier molecular flexibility index (Phi) is 9.84. The summed E-state index contributed by atoms with van der Waals surface area (Å²) in [5, 5.41) is 13.4. The molecule has 0 spiro atoms. The second kappa shape index (κ2) is 13.6. The summed E-state index contributed by atoms with van der Waals surface area (Å²) < 4.78 is 21.6. The van der Waals surface area contributed by atoms with Crippen molar-refractivity contribution < 1.29 is 23.8 Å². The molecule has 3 N–H and O–H groups in total. The number of carbonyl (C=O) groups is 2. The van der Waals surface area contributed by atoms with Crippen LogP contribution in [-0.4, -0.2) is 74.2 Å². The molecule has 3 aromatic rings. The highest BCUT2D eigenvalue weighted by Gasteiger charge is 2.31. The number of aromatic amines is 1. The number of nitrogens with zero attached hydrogens (tertiary/aromatic N) is 4. The predicted molar refractivity (Wildman–Crippen MR) is 166 cm³/mol. The average molecular weight is 609 g/mol. The molecule has 1 aliphatic carbocycles. The fourth-order valence-corrected chi connectivity index (χ4v) is 6.44. The molecule has 44 heavy (non-hydrogen) atoms. The molecule has 1 saturated heterocycles. The number of pyridine rings is 1. The molecule has 0 radical (unpaired) electrons. The van der Waals surface area contributed by atoms with Gasteiger partial charge in [0.15, 0.2) is 0 Å². The number of ether oxygens (including phenoxy) is 1. The molecule has 2 aliphatic rings. The van der Waals surface area contributed by atoms with E-state index in [-0.39, 0.29) is 23.9 Å². The standard InChI is InChI=1S/C33H45FN6O4/c1-21(2)36-30(41)23-7-11-26(12-8-23)40-28-19-29(44-18-17-39-15-13-24(14-16-39)33(3,4)43)35-20-27(28)37-32(40)38-31(42)22-5-9-25(34)10-6-22/h5-6,9-10,19-21,23-24,26,43H,7-8,11-18H2,1-4H3,(H,36,41)(H,37,38,42). The number of imidazole rings is 1. The lowest BCUT2D eigenvalue weighted by atomic mass is 9.83. The minimum absolute atomic E-state index is 0.0129. The van der Waals surface area contributed by atoms with Crippen molar-refractivity contribution in [1.82, 2.24) is 24.8 Å². The quantitative estimate of drug-likeness (QED) is 0.332. The number of fused-ring (bicyclic) bond motifs is 1. The van der Waals surface area contributed by atoms with Crippen molar-refractivity contribution in [1.29, 1.82) is 0 Å². The SMILES string of the molecule is CC(C)NC(=O)C1CCC(n2c(=NC(=O)c3ccc(F)cc3)[nH]c3cnc(OCCN4CCC(C(C)(C)O)CC4)cc32)CC1. The van der Waals surface area contributed by atoms with Crippen molar-refractivity contribution in [2.24, 2.45) is 16.8 Å². The largest absolute Gasteiger partial charge is 0.476 e. The molecule has 0 bridgehead atoms. The maximum Gasteiger partial charge on any atom is 0.280 e. The lowest BCUT2D eigenvalue weighted by Gasteiger charge is -2.37. The average Bonchev–Trinajstić information content (AvgIpc) is 3.34. The van der Waals surface area contributed by atoms with E-state index in [0.29, 0.717) is 29.6 Å². The number of hydrogen-bond acceptors (Lipinski definition) is 6. The molecular formula is C33H45FN6O4. The lowest BCUT2D eigenvalue weighted by molar-refractivity contribution is -0.126. The number of aliphatic hydroxyl groups is 1. The number of halogens is 1. The van der Waals surface area contributed by atoms with Crippen LogP contribution < -0.4 is 15.7 Å². The number of amides is 2. The first-order valence-electron chi connectivity index (χ1n) is 15.8. The first-order valence-corrected chi connectivity index (χ1v) is 15.8. The highest BCUT2D eigenvalue weighted by molar-refractivity contribution is 5.94. The van der Waals surface area contributed by atoms with Crippen LogP contribution in [-0.2, 0) is 4.79 Å². The molecule has 11 heteroatoms. The summed E-state index contributed by atoms with van der Waals surface area (Å²) >= 11 is 0. The third kappa shape index (κ3) is 7.74. The van der Waals surface area contributed by atoms with Crippen LogP contribution in [0.1, 0.15) is 82.6 Å². The number of aromatic nitrogens is 3. The molecule has 238 valence electrons. The molecule has 0 unspecified atom stereocenters. The molecular weight excluding hydrogens is 563 g/mol. The van der Waals surface area contributed by atoms with Crippen molar-refractivity contribution in [2.75, 3.05) is 26.2 Å². The summed E-state index contributed by atoms with van der Waals surface area (Å²) in [4.78, 5) is 40.3. The van der Waals surface area contributed by atoms with Gasteiger partial charge in [-0.2, -0.15) is 4.99 Å². The molecule has 1 aromatic carbocycles. The van der Waals surface area contributed by atoms with Crippen molar-refractivity contribution in [3.05, 3.63) is 53.5 Å². The zero-order chi connectivity index (χ0) is 31.4. The Hall–Kier alpha value is -3.57. The van der Waals surface area contributed by atoms with Crippen LogP contribution in [0.5, 0.6) is 5.88 Å². The van der Waals surface area contributed by atoms with E-state index >= 15 is 0 Å². The molecule has 2 fully saturated rings. The van der Waals surface area contributed by atoms with E-state index in [0.717, 1.165) is 69.2 Å². The topological polar surface area (TPSA) is 125 Å². The van der Waals surface area contributed by atoms with E-state index in [9.17, 15) is 19.1 Å². The Balaban J connectivity index is 1.35. The molecule has 3 heterocycles. The van der Waals surface area contributed by atoms with Crippen LogP contribution >= 0.6 is 0 Å². The number of carbonyl (C=O) groups excluding carboxylic acids is 2. The first kappa shape index (κ1) is 31.8. The third-order valence-electron chi connectivity index (χ3n) is 9.00. The van der Waals surface area contributed by atoms with Gasteiger partial charge in [0.2, 0.25) is 17.4 Å². The monoisotopic (exact) mass is 608 g/mol. The lowest BCUT2D eigenvalue weighted by Crippen LogP contribution is -2.43. The normalized spacial score (nSPS) is 20.8. The van der Waals surface area contributed by atoms with Gasteiger partial charge < -0.3 is 24.7 Å². The van der Waals surface area contributed by atoms with Crippen molar-refractivity contribution in [3.63, 3.8) is 0 Å². The Bertz CT molecular complexity index is 1510. The number of benzene rings is 1. The minimum Gasteiger partial charge on any atom is -0.476 e. The summed E-state index contributed by atoms with van der Waals surface area (Å²) in [5.74, 6) is -0.0662. The van der Waals surface area contributed by atoms with Gasteiger partial charge in [0.1, 0.15) is 12.4 Å². The van der Waals surface area contributed by atoms with Gasteiger partial charge in [0.05, 0.1) is 22.8 Å². The zero-order valence-corrected chi connectivity index (χ0v) is 26.2. The zero-order valence-electron chi connectivity index (χ0n) is 26.2. The Morgan fingerprint density at radius 2 is 1.82 bits per heavy atom. The Labute approximate surface area is 257 Å². The Morgan fingerprint density at radius 1 is 1.14 bits per heavy atom. The predicted octanol–water partition coefficient (Wildman–Crippen LogP) is 4.36. The highest BCUT2D eigenvalue weighted by Crippen LogP contribution is 2.34. The van der Waals surface area contributed by atoms with Crippen LogP contribution in [0, 0.1) is 17.7 Å². The maximum atomic E-state index is 13.5. The van der Waals surface area contributed by atoms with Crippen LogP contribution in [0.15, 0.2) is 41.5 Å². The summed E-state index contributed by atoms with van der Waals surface area (Å²) in [5.41, 5.74) is 1.57. The summed E-state index contributed by atoms with van der Waals surface area (Å²) in [6.45, 7) is 10.8. The van der Waals surface area contributed by atoms with E-state index in [2.05, 4.69) is 25.2 Å². The number of hydrogen-bond donors (Lipinski definition) is 3. The van der Waals surface area contributed by atoms with Gasteiger partial charge >= 0.3 is 0 Å². The smallest absolute Gasteiger partial charge is 0.280 e. The molecule has 2 aromatic heterocycles. The van der Waals surface area contributed by atoms with E-state index < -0.39 is 17.3 Å². The van der Waals surface area contributed by atoms with Gasteiger partial charge in [-0.15, -0.1) is 0 Å². The maximum absolute atomic E-state index is 13.5. The van der Waals surface area contributed by atoms with E-state index in [4.69, 9.17) is 4.74 Å². The van der Waals surface area contributed by atoms with E-state index in [1.807, 2.05) is 38.3 Å². The second-order valence-electron chi connectivity index (χ2n) is 13.1. The van der Waals surface area contributed by atoms with Crippen LogP contribution in [0.2, 0.25) is 0 Å². The number of H-pyrrole nitrogens is 1. The molecule has 10 nitrogen and oxygen atoms in total. The number of piperidine rings is 1. The molecule has 0 atom stereocenters. The summed E-state index contributed by atoms with van der Waals surface area (Å²) in [7, 11) is 0. The van der Waals surface area contributed by atoms with Gasteiger partial charge in [0.25, 0.3) is 5.91 Å². The van der Waals surface area contributed by atoms with Gasteiger partial charge in [-0.25, -0.2) is 9.37 Å². The van der Waals surface area contributed by atoms with E-state index in [1.54, 1.807) is 6.20 Å². The van der Waals surface area contributed by atoms with Crippen molar-refractivity contribution in [3.8, 4) is 5.88 Å². The van der Waals surface area contributed by atoms with Crippen molar-refractivity contribution >= 4 is 22.8 Å². The highest BCUT2D eigenvalue weighted by atomic mass is 19.1. The van der Waals surface area contributed by atoms with Gasteiger partial charge in [-0.3, -0.25) is 14.5 Å². The fourth-order valence-electron chi connectivity index (χ4n) is 6.44. The van der Waals surface area contributed by atoms with Gasteiger partial charge in [-0.05, 0) is 109 Å². The van der Waals surface area contributed by atoms with Crippen LogP contribution in [0.25, 0.3) is 11.0 Å². The number of rotatable bonds is 9. The minimum atomic E-state index is -0.650. The van der Waals surface area contributed by atoms with E-state index in [1.165, 1.54) is 24.3 Å². The van der Waals surface area contributed by atoms with Crippen LogP contribution in [0.4, 0.5) is 4.39 Å². The molecule has 1 aliphatic heterocycles. The molecule has 5 rings (SSSR count). The number of likely N-dealkylation sites (tertiary alicyclic amines) is 1. The van der Waals surface area contributed by atoms with Crippen molar-refractivity contribution in [2.45, 2.75) is 83.9 Å². The van der Waals surface area contributed by atoms with Crippen LogP contribution in [0.3, 0.4) is 0 Å². The summed E-state index contributed by atoms with van der Waals surface area (Å²) in [6, 6.07) is 7.32. The Morgan fingerprint density at radius 3 is 2.45 bits per heavy atom. The first-order chi connectivity index (χ1) is 21.0. The van der Waals surface area contributed by atoms with Gasteiger partial charge in [-0.1, -0.05) is 0 Å². The third-order valence-corrected chi connectivity index (χ3v) is 9.00. The van der Waals surface area contributed by atoms with Gasteiger partial charge in [0, 0.05) is 36.2 Å².